The Morgan fingerprint density at radius 1 is 0.307 bits per heavy atom. The molecule has 6 heteroatoms. The number of anilines is 6. The zero-order valence-corrected chi connectivity index (χ0v) is 51.5. The highest BCUT2D eigenvalue weighted by Gasteiger charge is 2.47. The van der Waals surface area contributed by atoms with Gasteiger partial charge < -0.3 is 23.4 Å². The van der Waals surface area contributed by atoms with E-state index in [4.69, 9.17) is 4.42 Å². The van der Waals surface area contributed by atoms with Crippen LogP contribution in [0.4, 0.5) is 34.1 Å². The van der Waals surface area contributed by atoms with Gasteiger partial charge in [0.2, 0.25) is 0 Å². The number of furan rings is 1. The van der Waals surface area contributed by atoms with Crippen molar-refractivity contribution in [2.75, 3.05) is 9.80 Å². The third-order valence-corrected chi connectivity index (χ3v) is 21.6. The largest absolute Gasteiger partial charge is 0.456 e. The zero-order valence-electron chi connectivity index (χ0n) is 51.5. The molecule has 0 amide bonds. The lowest BCUT2D eigenvalue weighted by molar-refractivity contribution is 0.332. The van der Waals surface area contributed by atoms with Crippen LogP contribution in [0.25, 0.3) is 88.1 Å². The van der Waals surface area contributed by atoms with Crippen molar-refractivity contribution in [1.29, 1.82) is 0 Å². The molecule has 0 radical (unpaired) electrons. The fraction of sp³-hybridized carbons (Fsp3) is 0.195. The third-order valence-electron chi connectivity index (χ3n) is 21.6. The number of hydrogen-bond donors (Lipinski definition) is 0. The molecular formula is C82H69BN4O. The molecule has 0 atom stereocenters. The van der Waals surface area contributed by atoms with E-state index < -0.39 is 0 Å². The lowest BCUT2D eigenvalue weighted by Crippen LogP contribution is -2.61. The molecule has 18 rings (SSSR count). The van der Waals surface area contributed by atoms with Crippen LogP contribution in [0.2, 0.25) is 0 Å². The molecule has 0 saturated carbocycles. The monoisotopic (exact) mass is 1140 g/mol. The number of benzene rings is 11. The molecule has 5 heterocycles. The Labute approximate surface area is 515 Å². The van der Waals surface area contributed by atoms with E-state index in [1.54, 1.807) is 0 Å². The molecule has 5 nitrogen and oxygen atoms in total. The Hall–Kier alpha value is -9.52. The summed E-state index contributed by atoms with van der Waals surface area (Å²) in [5.41, 5.74) is 28.0. The summed E-state index contributed by atoms with van der Waals surface area (Å²) in [6.07, 6.45) is 4.55. The predicted molar refractivity (Wildman–Crippen MR) is 372 cm³/mol. The standard InChI is InChI=1S/C82H69BN4O/c1-79(2)37-39-81(5,6)64-44-54(32-34-62(64)79)86-72-48-70-59(56-25-15-18-28-68(56)84(70)52-21-11-9-12-22-52)46-66(72)83-67-47-60-57-26-16-19-29-69(57)85(53-23-13-10-14-24-53)71(60)49-73(67)87(55-33-35-63-65(45-55)82(7,8)40-38-80(63,3)4)75-43-51(42-74(86)78(75)83)50-31-36-77-61(41-50)58-27-17-20-30-76(58)88-77/h9-36,41-49H,37-40H2,1-8H3. The second-order valence-electron chi connectivity index (χ2n) is 28.6. The van der Waals surface area contributed by atoms with Crippen LogP contribution in [0.1, 0.15) is 103 Å². The quantitative estimate of drug-likeness (QED) is 0.161. The molecule has 2 aliphatic carbocycles. The SMILES string of the molecule is CC1(C)CCC(C)(C)c2cc(N3c4cc5c(cc4B4c6cc7c8ccccc8n(-c8ccccc8)c7cc6N(c6ccc7c(c6)C(C)(C)CCC7(C)C)c6cc(-c7ccc8oc9ccccc9c8c7)cc3c64)c3ccccc3n5-c3ccccc3)ccc21. The van der Waals surface area contributed by atoms with Gasteiger partial charge in [0, 0.05) is 77.8 Å². The van der Waals surface area contributed by atoms with Gasteiger partial charge in [0.1, 0.15) is 11.2 Å². The van der Waals surface area contributed by atoms with E-state index in [9.17, 15) is 0 Å². The van der Waals surface area contributed by atoms with Crippen LogP contribution in [-0.4, -0.2) is 15.8 Å². The molecule has 3 aromatic heterocycles. The molecule has 0 fully saturated rings. The van der Waals surface area contributed by atoms with Crippen molar-refractivity contribution in [1.82, 2.24) is 9.13 Å². The van der Waals surface area contributed by atoms with Crippen molar-refractivity contribution in [2.45, 2.75) is 103 Å². The van der Waals surface area contributed by atoms with Crippen LogP contribution < -0.4 is 26.2 Å². The molecular weight excluding hydrogens is 1070 g/mol. The van der Waals surface area contributed by atoms with Crippen molar-refractivity contribution < 1.29 is 4.42 Å². The minimum Gasteiger partial charge on any atom is -0.456 e. The molecule has 0 N–H and O–H groups in total. The van der Waals surface area contributed by atoms with Crippen molar-refractivity contribution >= 4 is 123 Å². The summed E-state index contributed by atoms with van der Waals surface area (Å²) in [6.45, 7) is 19.5. The fourth-order valence-electron chi connectivity index (χ4n) is 16.7. The number of fused-ring (bicyclic) bond motifs is 15. The Morgan fingerprint density at radius 2 is 0.739 bits per heavy atom. The van der Waals surface area contributed by atoms with Gasteiger partial charge in [0.25, 0.3) is 6.71 Å². The Kier molecular flexibility index (Phi) is 10.6. The lowest BCUT2D eigenvalue weighted by Gasteiger charge is -2.46. The molecule has 14 aromatic rings. The number of rotatable bonds is 5. The van der Waals surface area contributed by atoms with Crippen molar-refractivity contribution in [2.24, 2.45) is 0 Å². The van der Waals surface area contributed by atoms with Gasteiger partial charge in [-0.1, -0.05) is 177 Å². The van der Waals surface area contributed by atoms with Crippen molar-refractivity contribution in [3.05, 3.63) is 247 Å². The minimum atomic E-state index is -0.163. The lowest BCUT2D eigenvalue weighted by atomic mass is 9.33. The van der Waals surface area contributed by atoms with Crippen LogP contribution in [0.5, 0.6) is 0 Å². The van der Waals surface area contributed by atoms with Gasteiger partial charge in [-0.2, -0.15) is 0 Å². The van der Waals surface area contributed by atoms with Crippen LogP contribution in [-0.2, 0) is 21.7 Å². The van der Waals surface area contributed by atoms with Gasteiger partial charge in [-0.05, 0) is 200 Å². The second-order valence-corrected chi connectivity index (χ2v) is 28.6. The van der Waals surface area contributed by atoms with E-state index in [1.165, 1.54) is 116 Å². The van der Waals surface area contributed by atoms with E-state index in [0.29, 0.717) is 0 Å². The average molecular weight is 1140 g/mol. The summed E-state index contributed by atoms with van der Waals surface area (Å²) in [4.78, 5) is 5.37. The van der Waals surface area contributed by atoms with E-state index in [0.717, 1.165) is 70.1 Å². The molecule has 4 aliphatic rings. The van der Waals surface area contributed by atoms with Gasteiger partial charge >= 0.3 is 0 Å². The first-order valence-corrected chi connectivity index (χ1v) is 31.9. The molecule has 0 unspecified atom stereocenters. The second kappa shape index (κ2) is 18.0. The third kappa shape index (κ3) is 7.29. The number of nitrogens with zero attached hydrogens (tertiary/aromatic N) is 4. The zero-order chi connectivity index (χ0) is 59.3. The van der Waals surface area contributed by atoms with Crippen molar-refractivity contribution in [3.63, 3.8) is 0 Å². The topological polar surface area (TPSA) is 29.5 Å². The highest BCUT2D eigenvalue weighted by Crippen LogP contribution is 2.54. The highest BCUT2D eigenvalue weighted by atomic mass is 16.3. The van der Waals surface area contributed by atoms with Crippen molar-refractivity contribution in [3.8, 4) is 22.5 Å². The first-order chi connectivity index (χ1) is 42.6. The summed E-state index contributed by atoms with van der Waals surface area (Å²) < 4.78 is 11.6. The molecule has 11 aromatic carbocycles. The number of aromatic nitrogens is 2. The van der Waals surface area contributed by atoms with Gasteiger partial charge in [-0.15, -0.1) is 0 Å². The molecule has 0 saturated heterocycles. The van der Waals surface area contributed by atoms with Crippen LogP contribution in [0.15, 0.2) is 229 Å². The van der Waals surface area contributed by atoms with Gasteiger partial charge in [0.15, 0.2) is 0 Å². The van der Waals surface area contributed by atoms with Crippen LogP contribution in [0.3, 0.4) is 0 Å². The van der Waals surface area contributed by atoms with E-state index in [2.05, 4.69) is 299 Å². The molecule has 0 bridgehead atoms. The highest BCUT2D eigenvalue weighted by molar-refractivity contribution is 7.00. The minimum absolute atomic E-state index is 0.0232. The average Bonchev–Trinajstić information content (AvgIpc) is 1.06. The summed E-state index contributed by atoms with van der Waals surface area (Å²) in [6, 6.07) is 85.9. The van der Waals surface area contributed by atoms with E-state index in [1.807, 2.05) is 0 Å². The van der Waals surface area contributed by atoms with Gasteiger partial charge in [0.05, 0.1) is 22.1 Å². The normalized spacial score (nSPS) is 16.8. The van der Waals surface area contributed by atoms with E-state index >= 15 is 0 Å². The first-order valence-electron chi connectivity index (χ1n) is 31.9. The summed E-state index contributed by atoms with van der Waals surface area (Å²) in [5.74, 6) is 0. The first kappa shape index (κ1) is 51.7. The molecule has 88 heavy (non-hydrogen) atoms. The summed E-state index contributed by atoms with van der Waals surface area (Å²) in [5, 5.41) is 7.23. The molecule has 426 valence electrons. The summed E-state index contributed by atoms with van der Waals surface area (Å²) in [7, 11) is 0. The van der Waals surface area contributed by atoms with Gasteiger partial charge in [-0.25, -0.2) is 0 Å². The molecule has 0 spiro atoms. The Bertz CT molecular complexity index is 5040. The Balaban J connectivity index is 1.02. The maximum absolute atomic E-state index is 6.56. The maximum Gasteiger partial charge on any atom is 0.252 e. The maximum atomic E-state index is 6.56. The fourth-order valence-corrected chi connectivity index (χ4v) is 16.7. The van der Waals surface area contributed by atoms with Crippen LogP contribution >= 0.6 is 0 Å². The molecule has 2 aliphatic heterocycles. The Morgan fingerprint density at radius 3 is 1.24 bits per heavy atom. The smallest absolute Gasteiger partial charge is 0.252 e. The number of para-hydroxylation sites is 5. The van der Waals surface area contributed by atoms with Gasteiger partial charge in [-0.3, -0.25) is 0 Å². The number of hydrogen-bond acceptors (Lipinski definition) is 3. The predicted octanol–water partition coefficient (Wildman–Crippen LogP) is 20.2. The summed E-state index contributed by atoms with van der Waals surface area (Å²) >= 11 is 0. The van der Waals surface area contributed by atoms with Crippen LogP contribution in [0, 0.1) is 0 Å². The van der Waals surface area contributed by atoms with E-state index in [-0.39, 0.29) is 28.4 Å².